The second kappa shape index (κ2) is 11.5. The van der Waals surface area contributed by atoms with E-state index in [1.807, 2.05) is 18.3 Å². The molecule has 0 unspecified atom stereocenters. The molecule has 1 atom stereocenters. The van der Waals surface area contributed by atoms with Crippen LogP contribution in [0.5, 0.6) is 0 Å². The fourth-order valence-corrected chi connectivity index (χ4v) is 5.05. The molecular weight excluding hydrogens is 468 g/mol. The fraction of sp³-hybridized carbons (Fsp3) is 0.407. The normalized spacial score (nSPS) is 18.1. The molecule has 0 aliphatic carbocycles. The fourth-order valence-electron chi connectivity index (χ4n) is 4.89. The zero-order valence-electron chi connectivity index (χ0n) is 20.8. The average molecular weight is 503 g/mol. The highest BCUT2D eigenvalue weighted by atomic mass is 32.1. The highest BCUT2D eigenvalue weighted by Crippen LogP contribution is 2.28. The van der Waals surface area contributed by atoms with Crippen LogP contribution in [-0.2, 0) is 6.54 Å². The minimum absolute atomic E-state index is 0.458. The third-order valence-corrected chi connectivity index (χ3v) is 7.17. The largest absolute Gasteiger partial charge is 0.368 e. The molecule has 8 nitrogen and oxygen atoms in total. The summed E-state index contributed by atoms with van der Waals surface area (Å²) in [5.74, 6) is 2.45. The van der Waals surface area contributed by atoms with Gasteiger partial charge in [-0.1, -0.05) is 24.3 Å². The van der Waals surface area contributed by atoms with Crippen LogP contribution in [0.4, 0.5) is 23.3 Å². The number of para-hydroxylation sites is 1. The maximum atomic E-state index is 5.57. The Morgan fingerprint density at radius 2 is 1.72 bits per heavy atom. The molecule has 36 heavy (non-hydrogen) atoms. The van der Waals surface area contributed by atoms with E-state index in [1.165, 1.54) is 24.9 Å². The standard InChI is InChI=1S/C27H34N8S/c1-21-8-5-6-13-35(21)25-18-24(34-16-14-33(15-17-34)23-10-3-2-4-11-23)30-26(31-25)32-27(36)29-20-22-9-7-12-28-19-22/h2-4,7,9-12,18-19,21H,5-6,8,13-17,20H2,1H3,(H2,29,30,31,32,36)/t21-/m0/s1. The Morgan fingerprint density at radius 3 is 2.47 bits per heavy atom. The van der Waals surface area contributed by atoms with Gasteiger partial charge in [0, 0.05) is 69.5 Å². The van der Waals surface area contributed by atoms with E-state index >= 15 is 0 Å². The van der Waals surface area contributed by atoms with E-state index in [-0.39, 0.29) is 0 Å². The minimum atomic E-state index is 0.458. The van der Waals surface area contributed by atoms with Crippen LogP contribution in [0.25, 0.3) is 0 Å². The lowest BCUT2D eigenvalue weighted by molar-refractivity contribution is 0.481. The van der Waals surface area contributed by atoms with Gasteiger partial charge in [0.25, 0.3) is 0 Å². The molecule has 2 aliphatic heterocycles. The Hall–Kier alpha value is -3.46. The van der Waals surface area contributed by atoms with Crippen LogP contribution >= 0.6 is 12.2 Å². The predicted molar refractivity (Wildman–Crippen MR) is 151 cm³/mol. The monoisotopic (exact) mass is 502 g/mol. The van der Waals surface area contributed by atoms with E-state index in [0.717, 1.165) is 49.9 Å². The Kier molecular flexibility index (Phi) is 7.76. The first-order valence-electron chi connectivity index (χ1n) is 12.8. The SMILES string of the molecule is C[C@H]1CCCCN1c1cc(N2CCN(c3ccccc3)CC2)nc(NC(=S)NCc2cccnc2)n1. The lowest BCUT2D eigenvalue weighted by atomic mass is 10.0. The van der Waals surface area contributed by atoms with Crippen LogP contribution in [0.1, 0.15) is 31.7 Å². The maximum Gasteiger partial charge on any atom is 0.232 e. The van der Waals surface area contributed by atoms with Crippen molar-refractivity contribution in [2.24, 2.45) is 0 Å². The van der Waals surface area contributed by atoms with Gasteiger partial charge in [0.05, 0.1) is 0 Å². The topological polar surface area (TPSA) is 72.5 Å². The first kappa shape index (κ1) is 24.2. The highest BCUT2D eigenvalue weighted by molar-refractivity contribution is 7.80. The van der Waals surface area contributed by atoms with Crippen LogP contribution in [0.15, 0.2) is 60.9 Å². The van der Waals surface area contributed by atoms with Crippen LogP contribution < -0.4 is 25.3 Å². The van der Waals surface area contributed by atoms with Crippen molar-refractivity contribution in [3.8, 4) is 0 Å². The van der Waals surface area contributed by atoms with Crippen molar-refractivity contribution in [3.63, 3.8) is 0 Å². The van der Waals surface area contributed by atoms with E-state index in [1.54, 1.807) is 6.20 Å². The van der Waals surface area contributed by atoms with Gasteiger partial charge in [0.1, 0.15) is 11.6 Å². The molecular formula is C27H34N8S. The molecule has 5 rings (SSSR count). The summed E-state index contributed by atoms with van der Waals surface area (Å²) in [5.41, 5.74) is 2.34. The highest BCUT2D eigenvalue weighted by Gasteiger charge is 2.24. The smallest absolute Gasteiger partial charge is 0.232 e. The number of piperidine rings is 1. The summed E-state index contributed by atoms with van der Waals surface area (Å²) in [6, 6.07) is 17.2. The summed E-state index contributed by atoms with van der Waals surface area (Å²) >= 11 is 5.57. The van der Waals surface area contributed by atoms with Gasteiger partial charge in [-0.3, -0.25) is 4.98 Å². The van der Waals surface area contributed by atoms with Gasteiger partial charge < -0.3 is 25.3 Å². The number of nitrogens with zero attached hydrogens (tertiary/aromatic N) is 6. The molecule has 0 bridgehead atoms. The van der Waals surface area contributed by atoms with Crippen molar-refractivity contribution in [2.45, 2.75) is 38.8 Å². The first-order chi connectivity index (χ1) is 17.7. The van der Waals surface area contributed by atoms with E-state index in [4.69, 9.17) is 22.2 Å². The molecule has 1 aromatic carbocycles. The summed E-state index contributed by atoms with van der Waals surface area (Å²) in [6.45, 7) is 7.62. The van der Waals surface area contributed by atoms with Crippen LogP contribution in [0.2, 0.25) is 0 Å². The van der Waals surface area contributed by atoms with Crippen molar-refractivity contribution >= 4 is 40.6 Å². The molecule has 2 saturated heterocycles. The summed E-state index contributed by atoms with van der Waals surface area (Å²) < 4.78 is 0. The molecule has 9 heteroatoms. The van der Waals surface area contributed by atoms with E-state index < -0.39 is 0 Å². The van der Waals surface area contributed by atoms with Crippen LogP contribution in [-0.4, -0.2) is 58.8 Å². The number of thiocarbonyl (C=S) groups is 1. The second-order valence-electron chi connectivity index (χ2n) is 9.42. The maximum absolute atomic E-state index is 5.57. The van der Waals surface area contributed by atoms with Gasteiger partial charge >= 0.3 is 0 Å². The number of hydrogen-bond acceptors (Lipinski definition) is 7. The van der Waals surface area contributed by atoms with E-state index in [9.17, 15) is 0 Å². The first-order valence-corrected chi connectivity index (χ1v) is 13.2. The van der Waals surface area contributed by atoms with Gasteiger partial charge in [0.2, 0.25) is 5.95 Å². The molecule has 2 N–H and O–H groups in total. The number of hydrogen-bond donors (Lipinski definition) is 2. The molecule has 2 aliphatic rings. The lowest BCUT2D eigenvalue weighted by Gasteiger charge is -2.38. The Balaban J connectivity index is 1.31. The van der Waals surface area contributed by atoms with Crippen LogP contribution in [0.3, 0.4) is 0 Å². The van der Waals surface area contributed by atoms with Gasteiger partial charge in [-0.2, -0.15) is 9.97 Å². The van der Waals surface area contributed by atoms with Gasteiger partial charge in [-0.15, -0.1) is 0 Å². The molecule has 0 radical (unpaired) electrons. The van der Waals surface area contributed by atoms with Crippen molar-refractivity contribution in [1.29, 1.82) is 0 Å². The number of anilines is 4. The van der Waals surface area contributed by atoms with Crippen molar-refractivity contribution in [1.82, 2.24) is 20.3 Å². The van der Waals surface area contributed by atoms with Gasteiger partial charge in [-0.25, -0.2) is 0 Å². The van der Waals surface area contributed by atoms with Gasteiger partial charge in [0.15, 0.2) is 5.11 Å². The predicted octanol–water partition coefficient (Wildman–Crippen LogP) is 4.06. The summed E-state index contributed by atoms with van der Waals surface area (Å²) in [7, 11) is 0. The van der Waals surface area contributed by atoms with Gasteiger partial charge in [-0.05, 0) is 62.2 Å². The number of benzene rings is 1. The third kappa shape index (κ3) is 6.02. The molecule has 3 aromatic rings. The van der Waals surface area contributed by atoms with Crippen molar-refractivity contribution in [3.05, 3.63) is 66.5 Å². The van der Waals surface area contributed by atoms with E-state index in [0.29, 0.717) is 23.6 Å². The number of nitrogens with one attached hydrogen (secondary N) is 2. The third-order valence-electron chi connectivity index (χ3n) is 6.92. The number of piperazine rings is 1. The van der Waals surface area contributed by atoms with E-state index in [2.05, 4.69) is 73.6 Å². The molecule has 0 spiro atoms. The summed E-state index contributed by atoms with van der Waals surface area (Å²) in [6.07, 6.45) is 7.24. The summed E-state index contributed by atoms with van der Waals surface area (Å²) in [4.78, 5) is 21.1. The number of rotatable bonds is 6. The van der Waals surface area contributed by atoms with Crippen molar-refractivity contribution in [2.75, 3.05) is 52.7 Å². The zero-order chi connectivity index (χ0) is 24.7. The zero-order valence-corrected chi connectivity index (χ0v) is 21.6. The van der Waals surface area contributed by atoms with Crippen LogP contribution in [0, 0.1) is 0 Å². The molecule has 2 fully saturated rings. The Labute approximate surface area is 218 Å². The number of aromatic nitrogens is 3. The number of pyridine rings is 1. The molecule has 2 aromatic heterocycles. The second-order valence-corrected chi connectivity index (χ2v) is 9.83. The molecule has 4 heterocycles. The Morgan fingerprint density at radius 1 is 0.944 bits per heavy atom. The summed E-state index contributed by atoms with van der Waals surface area (Å²) in [5, 5.41) is 6.98. The molecule has 0 amide bonds. The van der Waals surface area contributed by atoms with Crippen molar-refractivity contribution < 1.29 is 0 Å². The molecule has 0 saturated carbocycles. The quantitative estimate of drug-likeness (QED) is 0.486. The molecule has 188 valence electrons. The Bertz CT molecular complexity index is 1140. The average Bonchev–Trinajstić information content (AvgIpc) is 2.93. The lowest BCUT2D eigenvalue weighted by Crippen LogP contribution is -2.47. The minimum Gasteiger partial charge on any atom is -0.368 e.